The number of nitrogens with zero attached hydrogens (tertiary/aromatic N) is 1. The number of hydroxylamine groups is 2. The van der Waals surface area contributed by atoms with Crippen molar-refractivity contribution in [3.8, 4) is 0 Å². The lowest BCUT2D eigenvalue weighted by molar-refractivity contribution is -0.224. The Hall–Kier alpha value is -4.67. The first-order valence-corrected chi connectivity index (χ1v) is 21.7. The average molecular weight is 846 g/mol. The van der Waals surface area contributed by atoms with Crippen LogP contribution in [0.4, 0.5) is 0 Å². The van der Waals surface area contributed by atoms with Gasteiger partial charge in [-0.3, -0.25) is 19.2 Å². The summed E-state index contributed by atoms with van der Waals surface area (Å²) in [5.41, 5.74) is 0.497. The second kappa shape index (κ2) is 18.7. The van der Waals surface area contributed by atoms with Crippen LogP contribution in [0.5, 0.6) is 0 Å². The van der Waals surface area contributed by atoms with Gasteiger partial charge in [0.15, 0.2) is 11.8 Å². The number of cyclic esters (lactones) is 1. The first-order chi connectivity index (χ1) is 29.3. The van der Waals surface area contributed by atoms with Crippen molar-refractivity contribution in [2.45, 2.75) is 141 Å². The van der Waals surface area contributed by atoms with Crippen molar-refractivity contribution in [1.29, 1.82) is 0 Å². The second-order valence-electron chi connectivity index (χ2n) is 17.6. The number of fused-ring (bicyclic) bond motifs is 4. The minimum absolute atomic E-state index is 0.0787. The molecule has 3 N–H and O–H groups in total. The topological polar surface area (TPSA) is 188 Å². The molecule has 7 rings (SSSR count). The van der Waals surface area contributed by atoms with Gasteiger partial charge < -0.3 is 39.4 Å². The maximum Gasteiger partial charge on any atom is 0.348 e. The van der Waals surface area contributed by atoms with Crippen LogP contribution in [0.1, 0.15) is 113 Å². The van der Waals surface area contributed by atoms with Crippen molar-refractivity contribution < 1.29 is 57.6 Å². The van der Waals surface area contributed by atoms with Gasteiger partial charge in [0.1, 0.15) is 36.4 Å². The standard InChI is InChI=1S/C46H59N3O12/c1-5-7-9-20-45(21-10-8-6-2)59-35-33-25-46(43(55)48-26-31-12-11-13-32(24-31)40(52)47-22-23-50)37(41(53)57-33)49(61-38(46)36(35)60-45)27-30-16-14-29(15-17-30)18-19-34(51)58-39-42(54)56-28-44(39,3)4/h11-19,24,33,35-39,50H,5-10,20-23,25-28H2,1-4H3,(H,47,52)(H,48,55). The smallest absolute Gasteiger partial charge is 0.348 e. The number of unbranched alkanes of at least 4 members (excludes halogenated alkanes) is 4. The van der Waals surface area contributed by atoms with Crippen molar-refractivity contribution in [1.82, 2.24) is 15.7 Å². The van der Waals surface area contributed by atoms with E-state index in [9.17, 15) is 24.0 Å². The van der Waals surface area contributed by atoms with Crippen molar-refractivity contribution in [3.05, 3.63) is 76.9 Å². The van der Waals surface area contributed by atoms with Gasteiger partial charge in [0.2, 0.25) is 12.0 Å². The Labute approximate surface area is 356 Å². The number of esters is 3. The summed E-state index contributed by atoms with van der Waals surface area (Å²) in [5, 5.41) is 16.4. The van der Waals surface area contributed by atoms with E-state index in [1.54, 1.807) is 61.4 Å². The molecule has 7 atom stereocenters. The number of hydrogen-bond donors (Lipinski definition) is 3. The van der Waals surface area contributed by atoms with Crippen LogP contribution in [-0.4, -0.2) is 102 Å². The Kier molecular flexibility index (Phi) is 13.6. The summed E-state index contributed by atoms with van der Waals surface area (Å²) in [6.07, 6.45) is 6.30. The molecule has 2 amide bonds. The van der Waals surface area contributed by atoms with Gasteiger partial charge >= 0.3 is 17.9 Å². The van der Waals surface area contributed by atoms with E-state index in [2.05, 4.69) is 24.5 Å². The third kappa shape index (κ3) is 9.26. The number of amides is 2. The number of hydrogen-bond acceptors (Lipinski definition) is 13. The predicted molar refractivity (Wildman–Crippen MR) is 220 cm³/mol. The first-order valence-electron chi connectivity index (χ1n) is 21.7. The van der Waals surface area contributed by atoms with Crippen molar-refractivity contribution >= 4 is 35.8 Å². The molecule has 4 saturated heterocycles. The molecule has 2 bridgehead atoms. The first kappa shape index (κ1) is 44.4. The summed E-state index contributed by atoms with van der Waals surface area (Å²) in [5.74, 6) is -3.46. The SMILES string of the molecule is CCCCCC1(CCCCC)OC2C3CC4(C(=O)NCc5cccc(C(=O)NCCO)c5)C(ON(Cc5ccc(C=CC(=O)OC6C(=O)OCC6(C)C)cc5)C4C(=O)O3)C2O1. The molecule has 15 heteroatoms. The minimum atomic E-state index is -1.40. The van der Waals surface area contributed by atoms with Gasteiger partial charge in [-0.2, -0.15) is 5.06 Å². The summed E-state index contributed by atoms with van der Waals surface area (Å²) in [6.45, 7) is 8.19. The molecular weight excluding hydrogens is 787 g/mol. The minimum Gasteiger partial charge on any atom is -0.462 e. The molecule has 1 saturated carbocycles. The number of ether oxygens (including phenoxy) is 5. The number of aliphatic hydroxyl groups is 1. The molecule has 2 aromatic carbocycles. The normalized spacial score (nSPS) is 28.3. The van der Waals surface area contributed by atoms with E-state index in [0.717, 1.165) is 44.1 Å². The van der Waals surface area contributed by atoms with Crippen LogP contribution >= 0.6 is 0 Å². The Bertz CT molecular complexity index is 1960. The van der Waals surface area contributed by atoms with E-state index in [0.29, 0.717) is 29.5 Å². The van der Waals surface area contributed by atoms with E-state index in [1.807, 2.05) is 12.1 Å². The van der Waals surface area contributed by atoms with Gasteiger partial charge in [-0.25, -0.2) is 9.59 Å². The van der Waals surface area contributed by atoms with Crippen molar-refractivity contribution in [2.75, 3.05) is 19.8 Å². The fraction of sp³-hybridized carbons (Fsp3) is 0.587. The zero-order valence-electron chi connectivity index (χ0n) is 35.5. The summed E-state index contributed by atoms with van der Waals surface area (Å²) < 4.78 is 30.5. The lowest BCUT2D eigenvalue weighted by Gasteiger charge is -2.48. The molecule has 7 unspecified atom stereocenters. The summed E-state index contributed by atoms with van der Waals surface area (Å²) in [7, 11) is 0. The maximum atomic E-state index is 14.9. The lowest BCUT2D eigenvalue weighted by atomic mass is 9.62. The van der Waals surface area contributed by atoms with Gasteiger partial charge in [0.25, 0.3) is 5.91 Å². The Morgan fingerprint density at radius 2 is 1.64 bits per heavy atom. The Morgan fingerprint density at radius 3 is 2.31 bits per heavy atom. The van der Waals surface area contributed by atoms with E-state index < -0.39 is 71.1 Å². The zero-order chi connectivity index (χ0) is 43.4. The summed E-state index contributed by atoms with van der Waals surface area (Å²) in [6, 6.07) is 13.0. The number of benzene rings is 2. The number of aliphatic hydroxyl groups excluding tert-OH is 1. The maximum absolute atomic E-state index is 14.9. The van der Waals surface area contributed by atoms with Gasteiger partial charge in [0.05, 0.1) is 13.2 Å². The van der Waals surface area contributed by atoms with Crippen molar-refractivity contribution in [2.24, 2.45) is 10.8 Å². The molecular formula is C46H59N3O12. The van der Waals surface area contributed by atoms with Crippen LogP contribution in [0.3, 0.4) is 0 Å². The monoisotopic (exact) mass is 845 g/mol. The molecule has 61 heavy (non-hydrogen) atoms. The van der Waals surface area contributed by atoms with Crippen molar-refractivity contribution in [3.63, 3.8) is 0 Å². The highest BCUT2D eigenvalue weighted by atomic mass is 16.8. The number of nitrogens with one attached hydrogen (secondary N) is 2. The zero-order valence-corrected chi connectivity index (χ0v) is 35.5. The van der Waals surface area contributed by atoms with E-state index in [4.69, 9.17) is 33.6 Å². The third-order valence-corrected chi connectivity index (χ3v) is 12.5. The Balaban J connectivity index is 1.13. The highest BCUT2D eigenvalue weighted by Crippen LogP contribution is 2.58. The fourth-order valence-electron chi connectivity index (χ4n) is 9.31. The molecule has 15 nitrogen and oxygen atoms in total. The highest BCUT2D eigenvalue weighted by Gasteiger charge is 2.76. The van der Waals surface area contributed by atoms with Gasteiger partial charge in [-0.1, -0.05) is 89.8 Å². The predicted octanol–water partition coefficient (Wildman–Crippen LogP) is 4.67. The van der Waals surface area contributed by atoms with Crippen LogP contribution in [0, 0.1) is 10.8 Å². The third-order valence-electron chi connectivity index (χ3n) is 12.5. The van der Waals surface area contributed by atoms with E-state index in [-0.39, 0.29) is 51.1 Å². The molecule has 5 fully saturated rings. The molecule has 4 aliphatic heterocycles. The Morgan fingerprint density at radius 1 is 0.918 bits per heavy atom. The second-order valence-corrected chi connectivity index (χ2v) is 17.6. The largest absolute Gasteiger partial charge is 0.462 e. The molecule has 4 heterocycles. The number of carbonyl (C=O) groups is 5. The van der Waals surface area contributed by atoms with Crippen LogP contribution in [-0.2, 0) is 60.8 Å². The summed E-state index contributed by atoms with van der Waals surface area (Å²) >= 11 is 0. The van der Waals surface area contributed by atoms with Crippen LogP contribution in [0.15, 0.2) is 54.6 Å². The molecule has 0 spiro atoms. The lowest BCUT2D eigenvalue weighted by Crippen LogP contribution is -2.69. The molecule has 5 aliphatic rings. The number of carbonyl (C=O) groups excluding carboxylic acids is 5. The number of rotatable bonds is 19. The van der Waals surface area contributed by atoms with Gasteiger partial charge in [0, 0.05) is 49.4 Å². The molecule has 2 aromatic rings. The summed E-state index contributed by atoms with van der Waals surface area (Å²) in [4.78, 5) is 73.2. The highest BCUT2D eigenvalue weighted by molar-refractivity contribution is 5.95. The molecule has 0 aromatic heterocycles. The van der Waals surface area contributed by atoms with Crippen LogP contribution in [0.25, 0.3) is 6.08 Å². The molecule has 0 radical (unpaired) electrons. The van der Waals surface area contributed by atoms with Crippen LogP contribution in [0.2, 0.25) is 0 Å². The van der Waals surface area contributed by atoms with E-state index in [1.165, 1.54) is 6.08 Å². The van der Waals surface area contributed by atoms with Gasteiger partial charge in [-0.15, -0.1) is 0 Å². The fourth-order valence-corrected chi connectivity index (χ4v) is 9.31. The molecule has 330 valence electrons. The van der Waals surface area contributed by atoms with E-state index >= 15 is 0 Å². The average Bonchev–Trinajstić information content (AvgIpc) is 3.89. The quantitative estimate of drug-likeness (QED) is 0.0767. The van der Waals surface area contributed by atoms with Gasteiger partial charge in [-0.05, 0) is 47.7 Å². The van der Waals surface area contributed by atoms with Crippen LogP contribution < -0.4 is 10.6 Å². The molecule has 1 aliphatic carbocycles.